The van der Waals surface area contributed by atoms with Crippen molar-refractivity contribution in [3.63, 3.8) is 0 Å². The Morgan fingerprint density at radius 2 is 1.70 bits per heavy atom. The zero-order valence-electron chi connectivity index (χ0n) is 15.1. The maximum absolute atomic E-state index is 8.69. The molecule has 0 fully saturated rings. The quantitative estimate of drug-likeness (QED) is 0.442. The summed E-state index contributed by atoms with van der Waals surface area (Å²) in [5.41, 5.74) is 2.01. The van der Waals surface area contributed by atoms with Crippen LogP contribution in [0.5, 0.6) is 11.8 Å². The monoisotopic (exact) mass is 368 g/mol. The van der Waals surface area contributed by atoms with Gasteiger partial charge in [0.2, 0.25) is 0 Å². The molecule has 0 amide bonds. The van der Waals surface area contributed by atoms with Crippen LogP contribution in [0.25, 0.3) is 5.69 Å². The molecule has 1 aromatic heterocycles. The van der Waals surface area contributed by atoms with Gasteiger partial charge in [0.15, 0.2) is 0 Å². The summed E-state index contributed by atoms with van der Waals surface area (Å²) in [7, 11) is 0. The number of hydrogen-bond donors (Lipinski definition) is 3. The van der Waals surface area contributed by atoms with Crippen LogP contribution in [0.15, 0.2) is 54.6 Å². The largest absolute Gasteiger partial charge is 0.423 e. The summed E-state index contributed by atoms with van der Waals surface area (Å²) in [5.74, 6) is 0.680. The fourth-order valence-electron chi connectivity index (χ4n) is 2.53. The van der Waals surface area contributed by atoms with Crippen molar-refractivity contribution in [1.29, 1.82) is 0 Å². The number of aromatic nitrogens is 4. The Kier molecular flexibility index (Phi) is 7.28. The summed E-state index contributed by atoms with van der Waals surface area (Å²) in [5, 5.41) is 26.9. The van der Waals surface area contributed by atoms with Crippen LogP contribution < -0.4 is 15.4 Å². The number of para-hydroxylation sites is 1. The van der Waals surface area contributed by atoms with Gasteiger partial charge in [-0.15, -0.1) is 0 Å². The van der Waals surface area contributed by atoms with E-state index in [1.165, 1.54) is 5.56 Å². The number of nitrogens with one attached hydrogen (secondary N) is 2. The smallest absolute Gasteiger partial charge is 0.345 e. The highest BCUT2D eigenvalue weighted by molar-refractivity contribution is 5.34. The molecule has 8 heteroatoms. The SMILES string of the molecule is OCCNCCCNCc1ccc(Oc2nnnn2-c2ccccc2)cc1. The van der Waals surface area contributed by atoms with Gasteiger partial charge in [-0.1, -0.05) is 35.4 Å². The number of tetrazole rings is 1. The van der Waals surface area contributed by atoms with Crippen molar-refractivity contribution in [2.24, 2.45) is 0 Å². The Balaban J connectivity index is 1.48. The molecule has 0 aliphatic carbocycles. The molecule has 0 radical (unpaired) electrons. The third kappa shape index (κ3) is 5.85. The summed E-state index contributed by atoms with van der Waals surface area (Å²) in [4.78, 5) is 0. The molecule has 3 aromatic rings. The summed E-state index contributed by atoms with van der Waals surface area (Å²) >= 11 is 0. The van der Waals surface area contributed by atoms with Crippen LogP contribution in [-0.2, 0) is 6.54 Å². The molecule has 0 aliphatic heterocycles. The molecule has 0 spiro atoms. The van der Waals surface area contributed by atoms with Crippen LogP contribution in [0.1, 0.15) is 12.0 Å². The first-order valence-corrected chi connectivity index (χ1v) is 9.00. The molecule has 8 nitrogen and oxygen atoms in total. The van der Waals surface area contributed by atoms with Gasteiger partial charge in [-0.05, 0) is 59.8 Å². The van der Waals surface area contributed by atoms with Gasteiger partial charge in [0.25, 0.3) is 0 Å². The van der Waals surface area contributed by atoms with Crippen molar-refractivity contribution in [2.75, 3.05) is 26.2 Å². The van der Waals surface area contributed by atoms with E-state index < -0.39 is 0 Å². The van der Waals surface area contributed by atoms with Gasteiger partial charge in [-0.3, -0.25) is 0 Å². The first-order valence-electron chi connectivity index (χ1n) is 9.00. The normalized spacial score (nSPS) is 10.9. The maximum atomic E-state index is 8.69. The number of aliphatic hydroxyl groups excluding tert-OH is 1. The molecule has 1 heterocycles. The van der Waals surface area contributed by atoms with Gasteiger partial charge < -0.3 is 20.5 Å². The molecule has 0 saturated carbocycles. The number of nitrogens with zero attached hydrogens (tertiary/aromatic N) is 4. The average molecular weight is 368 g/mol. The third-order valence-corrected chi connectivity index (χ3v) is 3.90. The van der Waals surface area contributed by atoms with Crippen molar-refractivity contribution in [1.82, 2.24) is 30.8 Å². The lowest BCUT2D eigenvalue weighted by molar-refractivity contribution is 0.292. The number of rotatable bonds is 11. The molecule has 3 N–H and O–H groups in total. The average Bonchev–Trinajstić information content (AvgIpc) is 3.17. The molecular weight excluding hydrogens is 344 g/mol. The number of hydrogen-bond acceptors (Lipinski definition) is 7. The highest BCUT2D eigenvalue weighted by atomic mass is 16.5. The topological polar surface area (TPSA) is 97.1 Å². The molecule has 3 rings (SSSR count). The van der Waals surface area contributed by atoms with Crippen LogP contribution in [0.3, 0.4) is 0 Å². The van der Waals surface area contributed by atoms with Gasteiger partial charge in [0, 0.05) is 13.1 Å². The van der Waals surface area contributed by atoms with E-state index in [-0.39, 0.29) is 6.61 Å². The summed E-state index contributed by atoms with van der Waals surface area (Å²) in [6, 6.07) is 17.8. The standard InChI is InChI=1S/C19H24N6O2/c26-14-13-20-11-4-12-21-15-16-7-9-18(10-8-16)27-19-22-23-24-25(19)17-5-2-1-3-6-17/h1-3,5-10,20-21,26H,4,11-15H2. The van der Waals surface area contributed by atoms with E-state index in [0.717, 1.165) is 31.7 Å². The minimum absolute atomic E-state index is 0.180. The van der Waals surface area contributed by atoms with Crippen LogP contribution in [0.4, 0.5) is 0 Å². The van der Waals surface area contributed by atoms with E-state index in [4.69, 9.17) is 9.84 Å². The van der Waals surface area contributed by atoms with Crippen LogP contribution >= 0.6 is 0 Å². The summed E-state index contributed by atoms with van der Waals surface area (Å²) < 4.78 is 7.37. The molecule has 0 unspecified atom stereocenters. The highest BCUT2D eigenvalue weighted by Gasteiger charge is 2.10. The van der Waals surface area contributed by atoms with Crippen molar-refractivity contribution in [2.45, 2.75) is 13.0 Å². The van der Waals surface area contributed by atoms with Crippen molar-refractivity contribution in [3.8, 4) is 17.4 Å². The van der Waals surface area contributed by atoms with Gasteiger partial charge >= 0.3 is 6.01 Å². The third-order valence-electron chi connectivity index (χ3n) is 3.90. The Bertz CT molecular complexity index is 791. The van der Waals surface area contributed by atoms with Crippen molar-refractivity contribution in [3.05, 3.63) is 60.2 Å². The molecule has 0 atom stereocenters. The van der Waals surface area contributed by atoms with E-state index in [9.17, 15) is 0 Å². The summed E-state index contributed by atoms with van der Waals surface area (Å²) in [6.45, 7) is 3.44. The van der Waals surface area contributed by atoms with Crippen LogP contribution in [-0.4, -0.2) is 51.6 Å². The van der Waals surface area contributed by atoms with E-state index in [1.54, 1.807) is 4.68 Å². The zero-order valence-corrected chi connectivity index (χ0v) is 15.1. The number of benzene rings is 2. The fraction of sp³-hybridized carbons (Fsp3) is 0.316. The van der Waals surface area contributed by atoms with Gasteiger partial charge in [0.1, 0.15) is 5.75 Å². The first-order chi connectivity index (χ1) is 13.4. The lowest BCUT2D eigenvalue weighted by atomic mass is 10.2. The van der Waals surface area contributed by atoms with Crippen LogP contribution in [0.2, 0.25) is 0 Å². The van der Waals surface area contributed by atoms with E-state index in [0.29, 0.717) is 18.3 Å². The van der Waals surface area contributed by atoms with Crippen molar-refractivity contribution < 1.29 is 9.84 Å². The number of aliphatic hydroxyl groups is 1. The predicted molar refractivity (Wildman–Crippen MR) is 102 cm³/mol. The Hall–Kier alpha value is -2.81. The van der Waals surface area contributed by atoms with Crippen LogP contribution in [0, 0.1) is 0 Å². The second-order valence-corrected chi connectivity index (χ2v) is 5.96. The molecule has 2 aromatic carbocycles. The van der Waals surface area contributed by atoms with E-state index in [2.05, 4.69) is 26.2 Å². The second kappa shape index (κ2) is 10.4. The highest BCUT2D eigenvalue weighted by Crippen LogP contribution is 2.21. The van der Waals surface area contributed by atoms with Gasteiger partial charge in [-0.25, -0.2) is 0 Å². The zero-order chi connectivity index (χ0) is 18.7. The molecule has 27 heavy (non-hydrogen) atoms. The first kappa shape index (κ1) is 19.0. The Morgan fingerprint density at radius 1 is 0.926 bits per heavy atom. The van der Waals surface area contributed by atoms with Crippen molar-refractivity contribution >= 4 is 0 Å². The molecular formula is C19H24N6O2. The minimum Gasteiger partial charge on any atom is -0.423 e. The number of ether oxygens (including phenoxy) is 1. The van der Waals surface area contributed by atoms with Gasteiger partial charge in [0.05, 0.1) is 12.3 Å². The minimum atomic E-state index is 0.180. The molecule has 0 aliphatic rings. The predicted octanol–water partition coefficient (Wildman–Crippen LogP) is 1.52. The lowest BCUT2D eigenvalue weighted by Crippen LogP contribution is -2.23. The Morgan fingerprint density at radius 3 is 2.48 bits per heavy atom. The van der Waals surface area contributed by atoms with Gasteiger partial charge in [-0.2, -0.15) is 4.68 Å². The molecule has 0 bridgehead atoms. The van der Waals surface area contributed by atoms with E-state index >= 15 is 0 Å². The molecule has 142 valence electrons. The summed E-state index contributed by atoms with van der Waals surface area (Å²) in [6.07, 6.45) is 1.02. The van der Waals surface area contributed by atoms with E-state index in [1.807, 2.05) is 54.6 Å². The fourth-order valence-corrected chi connectivity index (χ4v) is 2.53. The maximum Gasteiger partial charge on any atom is 0.345 e. The molecule has 0 saturated heterocycles. The lowest BCUT2D eigenvalue weighted by Gasteiger charge is -2.08. The Labute approximate surface area is 158 Å². The second-order valence-electron chi connectivity index (χ2n) is 5.96.